The van der Waals surface area contributed by atoms with Gasteiger partial charge < -0.3 is 5.11 Å². The van der Waals surface area contributed by atoms with E-state index in [4.69, 9.17) is 0 Å². The highest BCUT2D eigenvalue weighted by atomic mass is 16.3. The van der Waals surface area contributed by atoms with Gasteiger partial charge in [-0.3, -0.25) is 4.79 Å². The number of phenolic OH excluding ortho intramolecular Hbond substituents is 1. The molecule has 0 atom stereocenters. The Morgan fingerprint density at radius 2 is 2.00 bits per heavy atom. The van der Waals surface area contributed by atoms with Crippen LogP contribution >= 0.6 is 0 Å². The summed E-state index contributed by atoms with van der Waals surface area (Å²) in [6.07, 6.45) is 2.35. The van der Waals surface area contributed by atoms with Crippen molar-refractivity contribution in [2.45, 2.75) is 0 Å². The Labute approximate surface area is 102 Å². The molecule has 0 aliphatic heterocycles. The van der Waals surface area contributed by atoms with Crippen LogP contribution in [0.2, 0.25) is 0 Å². The molecule has 88 valence electrons. The maximum absolute atomic E-state index is 10.7. The van der Waals surface area contributed by atoms with Gasteiger partial charge >= 0.3 is 0 Å². The standard InChI is InChI=1S/C13H9N3O2/c17-8-9-5-6-12-14-13(15-16(12)7-9)10-3-1-2-4-11(10)18/h1-8,18H. The molecule has 0 amide bonds. The molecule has 0 aliphatic carbocycles. The SMILES string of the molecule is O=Cc1ccc2nc(-c3ccccc3O)nn2c1. The third-order valence-electron chi connectivity index (χ3n) is 2.63. The smallest absolute Gasteiger partial charge is 0.185 e. The van der Waals surface area contributed by atoms with E-state index in [2.05, 4.69) is 10.1 Å². The van der Waals surface area contributed by atoms with Crippen molar-refractivity contribution in [1.82, 2.24) is 14.6 Å². The van der Waals surface area contributed by atoms with E-state index in [9.17, 15) is 9.90 Å². The quantitative estimate of drug-likeness (QED) is 0.694. The summed E-state index contributed by atoms with van der Waals surface area (Å²) in [5.74, 6) is 0.556. The maximum Gasteiger partial charge on any atom is 0.185 e. The van der Waals surface area contributed by atoms with E-state index in [-0.39, 0.29) is 5.75 Å². The number of hydrogen-bond donors (Lipinski definition) is 1. The first-order valence-electron chi connectivity index (χ1n) is 5.38. The minimum Gasteiger partial charge on any atom is -0.507 e. The number of nitrogens with zero attached hydrogens (tertiary/aromatic N) is 3. The third kappa shape index (κ3) is 1.62. The Balaban J connectivity index is 2.19. The van der Waals surface area contributed by atoms with Crippen molar-refractivity contribution < 1.29 is 9.90 Å². The van der Waals surface area contributed by atoms with E-state index >= 15 is 0 Å². The van der Waals surface area contributed by atoms with Gasteiger partial charge in [0.1, 0.15) is 5.75 Å². The lowest BCUT2D eigenvalue weighted by Crippen LogP contribution is -1.90. The van der Waals surface area contributed by atoms with E-state index in [0.29, 0.717) is 22.6 Å². The lowest BCUT2D eigenvalue weighted by Gasteiger charge is -1.97. The van der Waals surface area contributed by atoms with Crippen LogP contribution in [-0.2, 0) is 0 Å². The van der Waals surface area contributed by atoms with Crippen LogP contribution in [0.1, 0.15) is 10.4 Å². The topological polar surface area (TPSA) is 67.5 Å². The molecule has 3 rings (SSSR count). The predicted molar refractivity (Wildman–Crippen MR) is 65.5 cm³/mol. The fraction of sp³-hybridized carbons (Fsp3) is 0. The lowest BCUT2D eigenvalue weighted by atomic mass is 10.2. The van der Waals surface area contributed by atoms with Crippen LogP contribution in [0.5, 0.6) is 5.75 Å². The molecule has 5 nitrogen and oxygen atoms in total. The molecule has 0 bridgehead atoms. The first-order valence-corrected chi connectivity index (χ1v) is 5.38. The zero-order valence-electron chi connectivity index (χ0n) is 9.32. The van der Waals surface area contributed by atoms with Gasteiger partial charge in [-0.2, -0.15) is 0 Å². The number of carbonyl (C=O) groups excluding carboxylic acids is 1. The lowest BCUT2D eigenvalue weighted by molar-refractivity contribution is 0.112. The molecule has 18 heavy (non-hydrogen) atoms. The molecular weight excluding hydrogens is 230 g/mol. The van der Waals surface area contributed by atoms with Gasteiger partial charge in [-0.1, -0.05) is 12.1 Å². The normalized spacial score (nSPS) is 10.7. The van der Waals surface area contributed by atoms with Crippen molar-refractivity contribution in [2.75, 3.05) is 0 Å². The van der Waals surface area contributed by atoms with Gasteiger partial charge in [-0.15, -0.1) is 5.10 Å². The van der Waals surface area contributed by atoms with Crippen molar-refractivity contribution in [1.29, 1.82) is 0 Å². The summed E-state index contributed by atoms with van der Waals surface area (Å²) in [5, 5.41) is 14.0. The van der Waals surface area contributed by atoms with Crippen molar-refractivity contribution in [3.05, 3.63) is 48.2 Å². The van der Waals surface area contributed by atoms with E-state index in [1.807, 2.05) is 0 Å². The highest BCUT2D eigenvalue weighted by Crippen LogP contribution is 2.25. The number of para-hydroxylation sites is 1. The molecule has 0 spiro atoms. The molecule has 2 aromatic heterocycles. The minimum atomic E-state index is 0.129. The molecule has 0 saturated heterocycles. The molecule has 5 heteroatoms. The van der Waals surface area contributed by atoms with E-state index < -0.39 is 0 Å². The molecule has 1 N–H and O–H groups in total. The number of benzene rings is 1. The number of pyridine rings is 1. The first kappa shape index (κ1) is 10.5. The largest absolute Gasteiger partial charge is 0.507 e. The summed E-state index contributed by atoms with van der Waals surface area (Å²) in [6.45, 7) is 0. The maximum atomic E-state index is 10.7. The summed E-state index contributed by atoms with van der Waals surface area (Å²) >= 11 is 0. The third-order valence-corrected chi connectivity index (χ3v) is 2.63. The number of hydrogen-bond acceptors (Lipinski definition) is 4. The number of fused-ring (bicyclic) bond motifs is 1. The fourth-order valence-electron chi connectivity index (χ4n) is 1.75. The van der Waals surface area contributed by atoms with Crippen molar-refractivity contribution in [3.63, 3.8) is 0 Å². The zero-order valence-corrected chi connectivity index (χ0v) is 9.32. The average Bonchev–Trinajstić information content (AvgIpc) is 2.81. The van der Waals surface area contributed by atoms with E-state index in [1.165, 1.54) is 4.52 Å². The Kier molecular flexibility index (Phi) is 2.30. The summed E-state index contributed by atoms with van der Waals surface area (Å²) in [4.78, 5) is 15.0. The number of aldehydes is 1. The van der Waals surface area contributed by atoms with Crippen molar-refractivity contribution >= 4 is 11.9 Å². The summed E-state index contributed by atoms with van der Waals surface area (Å²) in [6, 6.07) is 10.2. The monoisotopic (exact) mass is 239 g/mol. The second-order valence-corrected chi connectivity index (χ2v) is 3.84. The number of phenols is 1. The Bertz CT molecular complexity index is 734. The van der Waals surface area contributed by atoms with Crippen LogP contribution in [0.15, 0.2) is 42.6 Å². The summed E-state index contributed by atoms with van der Waals surface area (Å²) in [7, 11) is 0. The Morgan fingerprint density at radius 3 is 2.78 bits per heavy atom. The summed E-state index contributed by atoms with van der Waals surface area (Å²) in [5.41, 5.74) is 1.71. The second-order valence-electron chi connectivity index (χ2n) is 3.84. The van der Waals surface area contributed by atoms with Gasteiger partial charge in [0.25, 0.3) is 0 Å². The molecule has 0 aliphatic rings. The highest BCUT2D eigenvalue weighted by molar-refractivity contribution is 5.75. The van der Waals surface area contributed by atoms with Crippen LogP contribution in [0.4, 0.5) is 0 Å². The van der Waals surface area contributed by atoms with Crippen molar-refractivity contribution in [2.24, 2.45) is 0 Å². The van der Waals surface area contributed by atoms with Gasteiger partial charge in [0.05, 0.1) is 5.56 Å². The number of carbonyl (C=O) groups is 1. The van der Waals surface area contributed by atoms with Gasteiger partial charge in [0.15, 0.2) is 17.8 Å². The Morgan fingerprint density at radius 1 is 1.17 bits per heavy atom. The Hall–Kier alpha value is -2.69. The van der Waals surface area contributed by atoms with E-state index in [1.54, 1.807) is 42.6 Å². The van der Waals surface area contributed by atoms with Gasteiger partial charge in [-0.05, 0) is 24.3 Å². The van der Waals surface area contributed by atoms with Crippen molar-refractivity contribution in [3.8, 4) is 17.1 Å². The molecule has 0 radical (unpaired) electrons. The van der Waals surface area contributed by atoms with Gasteiger partial charge in [0.2, 0.25) is 0 Å². The van der Waals surface area contributed by atoms with Gasteiger partial charge in [0, 0.05) is 11.8 Å². The predicted octanol–water partition coefficient (Wildman–Crippen LogP) is 1.91. The minimum absolute atomic E-state index is 0.129. The fourth-order valence-corrected chi connectivity index (χ4v) is 1.75. The van der Waals surface area contributed by atoms with Crippen LogP contribution in [0.25, 0.3) is 17.0 Å². The number of aromatic nitrogens is 3. The molecule has 1 aromatic carbocycles. The molecular formula is C13H9N3O2. The molecule has 2 heterocycles. The van der Waals surface area contributed by atoms with Crippen LogP contribution < -0.4 is 0 Å². The molecule has 0 unspecified atom stereocenters. The number of aromatic hydroxyl groups is 1. The highest BCUT2D eigenvalue weighted by Gasteiger charge is 2.09. The molecule has 3 aromatic rings. The van der Waals surface area contributed by atoms with E-state index in [0.717, 1.165) is 6.29 Å². The van der Waals surface area contributed by atoms with Crippen LogP contribution in [0, 0.1) is 0 Å². The van der Waals surface area contributed by atoms with Gasteiger partial charge in [-0.25, -0.2) is 9.50 Å². The molecule has 0 fully saturated rings. The molecule has 0 saturated carbocycles. The zero-order chi connectivity index (χ0) is 12.5. The first-order chi connectivity index (χ1) is 8.78. The van der Waals surface area contributed by atoms with Crippen LogP contribution in [-0.4, -0.2) is 26.0 Å². The summed E-state index contributed by atoms with van der Waals surface area (Å²) < 4.78 is 1.52. The second kappa shape index (κ2) is 3.96. The van der Waals surface area contributed by atoms with Crippen LogP contribution in [0.3, 0.4) is 0 Å². The number of rotatable bonds is 2. The average molecular weight is 239 g/mol.